The van der Waals surface area contributed by atoms with Gasteiger partial charge in [0.15, 0.2) is 5.65 Å². The van der Waals surface area contributed by atoms with Gasteiger partial charge in [-0.3, -0.25) is 0 Å². The molecular formula is C13H9N5. The first-order valence-electron chi connectivity index (χ1n) is 5.48. The fraction of sp³-hybridized carbons (Fsp3) is 0.0769. The van der Waals surface area contributed by atoms with Crippen molar-refractivity contribution in [2.45, 2.75) is 6.92 Å². The Kier molecular flexibility index (Phi) is 2.27. The molecule has 0 atom stereocenters. The van der Waals surface area contributed by atoms with Gasteiger partial charge in [-0.05, 0) is 36.8 Å². The molecule has 5 nitrogen and oxygen atoms in total. The Morgan fingerprint density at radius 2 is 2.11 bits per heavy atom. The molecule has 1 aromatic carbocycles. The third kappa shape index (κ3) is 1.44. The molecule has 86 valence electrons. The molecule has 5 heteroatoms. The maximum absolute atomic E-state index is 9.04. The highest BCUT2D eigenvalue weighted by molar-refractivity contribution is 5.71. The topological polar surface area (TPSA) is 67.4 Å². The molecule has 0 saturated carbocycles. The molecule has 0 fully saturated rings. The lowest BCUT2D eigenvalue weighted by Crippen LogP contribution is -2.01. The number of nitrogens with zero attached hydrogens (tertiary/aromatic N) is 5. The molecule has 0 spiro atoms. The average molecular weight is 235 g/mol. The van der Waals surface area contributed by atoms with E-state index in [1.165, 1.54) is 0 Å². The van der Waals surface area contributed by atoms with E-state index < -0.39 is 0 Å². The van der Waals surface area contributed by atoms with E-state index in [-0.39, 0.29) is 0 Å². The van der Waals surface area contributed by atoms with Crippen LogP contribution < -0.4 is 0 Å². The van der Waals surface area contributed by atoms with Gasteiger partial charge in [0.25, 0.3) is 0 Å². The number of fused-ring (bicyclic) bond motifs is 1. The van der Waals surface area contributed by atoms with Gasteiger partial charge >= 0.3 is 0 Å². The Morgan fingerprint density at radius 3 is 2.94 bits per heavy atom. The molecule has 18 heavy (non-hydrogen) atoms. The average Bonchev–Trinajstić information content (AvgIpc) is 2.83. The zero-order chi connectivity index (χ0) is 12.5. The predicted octanol–water partition coefficient (Wildman–Crippen LogP) is 2.00. The van der Waals surface area contributed by atoms with Crippen molar-refractivity contribution in [3.05, 3.63) is 47.7 Å². The number of aromatic nitrogens is 4. The largest absolute Gasteiger partial charge is 0.235 e. The van der Waals surface area contributed by atoms with Gasteiger partial charge < -0.3 is 0 Å². The Morgan fingerprint density at radius 1 is 1.22 bits per heavy atom. The summed E-state index contributed by atoms with van der Waals surface area (Å²) in [5.41, 5.74) is 3.76. The van der Waals surface area contributed by atoms with E-state index in [4.69, 9.17) is 5.26 Å². The van der Waals surface area contributed by atoms with Crippen molar-refractivity contribution in [1.29, 1.82) is 5.26 Å². The van der Waals surface area contributed by atoms with Gasteiger partial charge in [-0.15, -0.1) is 5.10 Å². The van der Waals surface area contributed by atoms with E-state index in [9.17, 15) is 0 Å². The number of hydrogen-bond donors (Lipinski definition) is 0. The molecule has 3 rings (SSSR count). The molecule has 0 amide bonds. The van der Waals surface area contributed by atoms with E-state index in [2.05, 4.69) is 21.4 Å². The number of pyridine rings is 1. The van der Waals surface area contributed by atoms with Gasteiger partial charge in [-0.2, -0.15) is 9.94 Å². The third-order valence-electron chi connectivity index (χ3n) is 2.86. The second-order valence-electron chi connectivity index (χ2n) is 3.91. The minimum atomic E-state index is 0.632. The van der Waals surface area contributed by atoms with Crippen LogP contribution in [0.5, 0.6) is 0 Å². The van der Waals surface area contributed by atoms with Crippen LogP contribution in [-0.4, -0.2) is 20.0 Å². The van der Waals surface area contributed by atoms with Crippen molar-refractivity contribution in [1.82, 2.24) is 20.0 Å². The highest BCUT2D eigenvalue weighted by Gasteiger charge is 2.11. The Bertz CT molecular complexity index is 766. The van der Waals surface area contributed by atoms with Crippen LogP contribution in [0.2, 0.25) is 0 Å². The number of nitriles is 1. The standard InChI is InChI=1S/C13H9N5/c1-9-10(8-14)4-2-6-12(9)18-13-11(16-17-18)5-3-7-15-13/h2-7H,1H3. The van der Waals surface area contributed by atoms with Crippen molar-refractivity contribution in [2.75, 3.05) is 0 Å². The first-order chi connectivity index (χ1) is 8.81. The van der Waals surface area contributed by atoms with Crippen LogP contribution in [0.1, 0.15) is 11.1 Å². The van der Waals surface area contributed by atoms with Gasteiger partial charge in [0.05, 0.1) is 17.3 Å². The highest BCUT2D eigenvalue weighted by Crippen LogP contribution is 2.19. The number of hydrogen-bond acceptors (Lipinski definition) is 4. The summed E-state index contributed by atoms with van der Waals surface area (Å²) < 4.78 is 1.66. The van der Waals surface area contributed by atoms with E-state index in [0.717, 1.165) is 16.8 Å². The predicted molar refractivity (Wildman–Crippen MR) is 66.1 cm³/mol. The fourth-order valence-electron chi connectivity index (χ4n) is 1.90. The SMILES string of the molecule is Cc1c(C#N)cccc1-n1nnc2cccnc21. The van der Waals surface area contributed by atoms with Crippen LogP contribution in [0, 0.1) is 18.3 Å². The van der Waals surface area contributed by atoms with Crippen LogP contribution in [0.4, 0.5) is 0 Å². The molecule has 2 aromatic heterocycles. The van der Waals surface area contributed by atoms with Crippen LogP contribution in [0.3, 0.4) is 0 Å². The highest BCUT2D eigenvalue weighted by atomic mass is 15.4. The van der Waals surface area contributed by atoms with Crippen molar-refractivity contribution in [2.24, 2.45) is 0 Å². The van der Waals surface area contributed by atoms with Crippen molar-refractivity contribution < 1.29 is 0 Å². The lowest BCUT2D eigenvalue weighted by Gasteiger charge is -2.06. The van der Waals surface area contributed by atoms with Crippen molar-refractivity contribution in [3.63, 3.8) is 0 Å². The normalized spacial score (nSPS) is 10.4. The van der Waals surface area contributed by atoms with Gasteiger partial charge in [0, 0.05) is 6.20 Å². The zero-order valence-corrected chi connectivity index (χ0v) is 9.70. The summed E-state index contributed by atoms with van der Waals surface area (Å²) >= 11 is 0. The van der Waals surface area contributed by atoms with Crippen molar-refractivity contribution in [3.8, 4) is 11.8 Å². The molecule has 3 aromatic rings. The minimum Gasteiger partial charge on any atom is -0.235 e. The minimum absolute atomic E-state index is 0.632. The van der Waals surface area contributed by atoms with Crippen LogP contribution in [0.25, 0.3) is 16.9 Å². The maximum atomic E-state index is 9.04. The first kappa shape index (κ1) is 10.4. The molecule has 0 radical (unpaired) electrons. The van der Waals surface area contributed by atoms with E-state index in [1.807, 2.05) is 31.2 Å². The second kappa shape index (κ2) is 3.93. The first-order valence-corrected chi connectivity index (χ1v) is 5.48. The molecule has 0 aliphatic heterocycles. The molecule has 0 saturated heterocycles. The molecular weight excluding hydrogens is 226 g/mol. The summed E-state index contributed by atoms with van der Waals surface area (Å²) in [7, 11) is 0. The number of rotatable bonds is 1. The van der Waals surface area contributed by atoms with Crippen molar-refractivity contribution >= 4 is 11.2 Å². The number of benzene rings is 1. The third-order valence-corrected chi connectivity index (χ3v) is 2.86. The summed E-state index contributed by atoms with van der Waals surface area (Å²) in [5.74, 6) is 0. The van der Waals surface area contributed by atoms with Crippen LogP contribution in [0.15, 0.2) is 36.5 Å². The van der Waals surface area contributed by atoms with E-state index in [1.54, 1.807) is 16.9 Å². The summed E-state index contributed by atoms with van der Waals surface area (Å²) in [5, 5.41) is 17.2. The lowest BCUT2D eigenvalue weighted by atomic mass is 10.1. The van der Waals surface area contributed by atoms with Gasteiger partial charge in [0.1, 0.15) is 5.52 Å². The molecule has 0 aliphatic rings. The Labute approximate surface area is 103 Å². The molecule has 0 aliphatic carbocycles. The van der Waals surface area contributed by atoms with E-state index >= 15 is 0 Å². The molecule has 0 N–H and O–H groups in total. The zero-order valence-electron chi connectivity index (χ0n) is 9.70. The summed E-state index contributed by atoms with van der Waals surface area (Å²) in [6, 6.07) is 11.4. The molecule has 0 unspecified atom stereocenters. The van der Waals surface area contributed by atoms with Gasteiger partial charge in [-0.1, -0.05) is 11.3 Å². The fourth-order valence-corrected chi connectivity index (χ4v) is 1.90. The maximum Gasteiger partial charge on any atom is 0.183 e. The smallest absolute Gasteiger partial charge is 0.183 e. The summed E-state index contributed by atoms with van der Waals surface area (Å²) in [6.45, 7) is 1.89. The molecule has 2 heterocycles. The Hall–Kier alpha value is -2.74. The van der Waals surface area contributed by atoms with Crippen LogP contribution >= 0.6 is 0 Å². The quantitative estimate of drug-likeness (QED) is 0.647. The summed E-state index contributed by atoms with van der Waals surface area (Å²) in [6.07, 6.45) is 1.70. The van der Waals surface area contributed by atoms with Gasteiger partial charge in [0.2, 0.25) is 0 Å². The monoisotopic (exact) mass is 235 g/mol. The second-order valence-corrected chi connectivity index (χ2v) is 3.91. The van der Waals surface area contributed by atoms with Gasteiger partial charge in [-0.25, -0.2) is 4.98 Å². The summed E-state index contributed by atoms with van der Waals surface area (Å²) in [4.78, 5) is 4.27. The Balaban J connectivity index is 2.31. The van der Waals surface area contributed by atoms with E-state index in [0.29, 0.717) is 11.2 Å². The lowest BCUT2D eigenvalue weighted by molar-refractivity contribution is 0.812. The van der Waals surface area contributed by atoms with Crippen LogP contribution in [-0.2, 0) is 0 Å². The molecule has 0 bridgehead atoms.